The normalized spacial score (nSPS) is 12.2. The molecule has 0 radical (unpaired) electrons. The van der Waals surface area contributed by atoms with Gasteiger partial charge in [0.25, 0.3) is 11.5 Å². The van der Waals surface area contributed by atoms with Crippen LogP contribution < -0.4 is 10.9 Å². The zero-order valence-electron chi connectivity index (χ0n) is 10.8. The van der Waals surface area contributed by atoms with Gasteiger partial charge in [0.1, 0.15) is 5.69 Å². The predicted molar refractivity (Wildman–Crippen MR) is 67.8 cm³/mol. The molecule has 7 heteroatoms. The van der Waals surface area contributed by atoms with Crippen molar-refractivity contribution in [3.05, 3.63) is 28.4 Å². The minimum atomic E-state index is -0.972. The van der Waals surface area contributed by atoms with Crippen LogP contribution in [0.3, 0.4) is 0 Å². The molecule has 1 unspecified atom stereocenters. The van der Waals surface area contributed by atoms with Crippen molar-refractivity contribution in [2.24, 2.45) is 5.92 Å². The number of carbonyl (C=O) groups excluding carboxylic acids is 1. The van der Waals surface area contributed by atoms with Crippen molar-refractivity contribution in [2.45, 2.75) is 32.7 Å². The first-order valence-corrected chi connectivity index (χ1v) is 5.96. The molecule has 1 heterocycles. The van der Waals surface area contributed by atoms with Crippen LogP contribution >= 0.6 is 0 Å². The third-order valence-corrected chi connectivity index (χ3v) is 2.42. The molecule has 19 heavy (non-hydrogen) atoms. The lowest BCUT2D eigenvalue weighted by Gasteiger charge is -2.18. The SMILES string of the molecule is CC(C)CC(CC(=O)O)NC(=O)c1c[nH]c(=O)cn1. The van der Waals surface area contributed by atoms with Gasteiger partial charge in [0, 0.05) is 12.2 Å². The van der Waals surface area contributed by atoms with Gasteiger partial charge in [0.2, 0.25) is 0 Å². The minimum Gasteiger partial charge on any atom is -0.481 e. The highest BCUT2D eigenvalue weighted by Gasteiger charge is 2.18. The molecule has 1 amide bonds. The van der Waals surface area contributed by atoms with Crippen LogP contribution in [-0.2, 0) is 4.79 Å². The van der Waals surface area contributed by atoms with Gasteiger partial charge in [-0.1, -0.05) is 13.8 Å². The fourth-order valence-corrected chi connectivity index (χ4v) is 1.70. The van der Waals surface area contributed by atoms with E-state index in [9.17, 15) is 14.4 Å². The summed E-state index contributed by atoms with van der Waals surface area (Å²) in [5.74, 6) is -1.21. The molecule has 0 aliphatic heterocycles. The van der Waals surface area contributed by atoms with Gasteiger partial charge in [0.15, 0.2) is 0 Å². The smallest absolute Gasteiger partial charge is 0.305 e. The quantitative estimate of drug-likeness (QED) is 0.690. The second-order valence-corrected chi connectivity index (χ2v) is 4.69. The Labute approximate surface area is 110 Å². The summed E-state index contributed by atoms with van der Waals surface area (Å²) in [5, 5.41) is 11.4. The van der Waals surface area contributed by atoms with Crippen LogP contribution in [0.25, 0.3) is 0 Å². The first-order chi connectivity index (χ1) is 8.88. The van der Waals surface area contributed by atoms with Gasteiger partial charge in [-0.15, -0.1) is 0 Å². The monoisotopic (exact) mass is 267 g/mol. The lowest BCUT2D eigenvalue weighted by molar-refractivity contribution is -0.137. The largest absolute Gasteiger partial charge is 0.481 e. The van der Waals surface area contributed by atoms with Crippen molar-refractivity contribution in [1.29, 1.82) is 0 Å². The Bertz CT molecular complexity index is 489. The van der Waals surface area contributed by atoms with E-state index in [-0.39, 0.29) is 18.0 Å². The number of aromatic amines is 1. The lowest BCUT2D eigenvalue weighted by Crippen LogP contribution is -2.38. The third kappa shape index (κ3) is 5.33. The van der Waals surface area contributed by atoms with Crippen LogP contribution in [0.5, 0.6) is 0 Å². The van der Waals surface area contributed by atoms with Gasteiger partial charge in [-0.05, 0) is 12.3 Å². The molecular weight excluding hydrogens is 250 g/mol. The number of carbonyl (C=O) groups is 2. The second kappa shape index (κ2) is 6.67. The molecule has 1 rings (SSSR count). The van der Waals surface area contributed by atoms with Gasteiger partial charge in [-0.3, -0.25) is 14.4 Å². The van der Waals surface area contributed by atoms with Crippen LogP contribution in [0, 0.1) is 5.92 Å². The third-order valence-electron chi connectivity index (χ3n) is 2.42. The van der Waals surface area contributed by atoms with Gasteiger partial charge in [0.05, 0.1) is 12.6 Å². The summed E-state index contributed by atoms with van der Waals surface area (Å²) in [5.41, 5.74) is -0.348. The van der Waals surface area contributed by atoms with Gasteiger partial charge in [-0.25, -0.2) is 4.98 Å². The molecular formula is C12H17N3O4. The van der Waals surface area contributed by atoms with Crippen LogP contribution in [-0.4, -0.2) is 33.0 Å². The van der Waals surface area contributed by atoms with Crippen LogP contribution in [0.15, 0.2) is 17.2 Å². The highest BCUT2D eigenvalue weighted by molar-refractivity contribution is 5.92. The summed E-state index contributed by atoms with van der Waals surface area (Å²) in [6, 6.07) is -0.460. The summed E-state index contributed by atoms with van der Waals surface area (Å²) < 4.78 is 0. The molecule has 0 bridgehead atoms. The molecule has 0 aliphatic carbocycles. The molecule has 0 spiro atoms. The van der Waals surface area contributed by atoms with Crippen LogP contribution in [0.1, 0.15) is 37.2 Å². The Balaban J connectivity index is 2.72. The first kappa shape index (κ1) is 14.9. The van der Waals surface area contributed by atoms with Crippen molar-refractivity contribution in [2.75, 3.05) is 0 Å². The van der Waals surface area contributed by atoms with E-state index in [1.54, 1.807) is 0 Å². The molecule has 0 saturated heterocycles. The van der Waals surface area contributed by atoms with E-state index in [1.807, 2.05) is 13.8 Å². The number of hydrogen-bond acceptors (Lipinski definition) is 4. The summed E-state index contributed by atoms with van der Waals surface area (Å²) >= 11 is 0. The van der Waals surface area contributed by atoms with Crippen LogP contribution in [0.4, 0.5) is 0 Å². The lowest BCUT2D eigenvalue weighted by atomic mass is 10.0. The average molecular weight is 267 g/mol. The van der Waals surface area contributed by atoms with E-state index in [2.05, 4.69) is 15.3 Å². The molecule has 0 saturated carbocycles. The second-order valence-electron chi connectivity index (χ2n) is 4.69. The van der Waals surface area contributed by atoms with Crippen molar-refractivity contribution in [1.82, 2.24) is 15.3 Å². The number of nitrogens with one attached hydrogen (secondary N) is 2. The summed E-state index contributed by atoms with van der Waals surface area (Å²) in [7, 11) is 0. The summed E-state index contributed by atoms with van der Waals surface area (Å²) in [6.07, 6.45) is 2.61. The first-order valence-electron chi connectivity index (χ1n) is 5.96. The molecule has 1 aromatic heterocycles. The molecule has 7 nitrogen and oxygen atoms in total. The highest BCUT2D eigenvalue weighted by Crippen LogP contribution is 2.08. The fourth-order valence-electron chi connectivity index (χ4n) is 1.70. The number of rotatable bonds is 6. The maximum Gasteiger partial charge on any atom is 0.305 e. The predicted octanol–water partition coefficient (Wildman–Crippen LogP) is 0.389. The van der Waals surface area contributed by atoms with E-state index in [4.69, 9.17) is 5.11 Å². The summed E-state index contributed by atoms with van der Waals surface area (Å²) in [6.45, 7) is 3.89. The number of H-pyrrole nitrogens is 1. The van der Waals surface area contributed by atoms with Crippen molar-refractivity contribution in [3.8, 4) is 0 Å². The topological polar surface area (TPSA) is 112 Å². The Kier molecular flexibility index (Phi) is 5.23. The zero-order chi connectivity index (χ0) is 14.4. The van der Waals surface area contributed by atoms with Gasteiger partial charge in [-0.2, -0.15) is 0 Å². The maximum atomic E-state index is 11.8. The van der Waals surface area contributed by atoms with Crippen molar-refractivity contribution in [3.63, 3.8) is 0 Å². The number of carboxylic acids is 1. The maximum absolute atomic E-state index is 11.8. The highest BCUT2D eigenvalue weighted by atomic mass is 16.4. The number of nitrogens with zero attached hydrogens (tertiary/aromatic N) is 1. The molecule has 0 aromatic carbocycles. The molecule has 3 N–H and O–H groups in total. The van der Waals surface area contributed by atoms with Crippen molar-refractivity contribution >= 4 is 11.9 Å². The van der Waals surface area contributed by atoms with E-state index in [1.165, 1.54) is 6.20 Å². The number of hydrogen-bond donors (Lipinski definition) is 3. The van der Waals surface area contributed by atoms with E-state index < -0.39 is 23.5 Å². The Morgan fingerprint density at radius 1 is 1.47 bits per heavy atom. The van der Waals surface area contributed by atoms with Crippen molar-refractivity contribution < 1.29 is 14.7 Å². The Hall–Kier alpha value is -2.18. The molecule has 104 valence electrons. The molecule has 1 aromatic rings. The van der Waals surface area contributed by atoms with E-state index in [0.717, 1.165) is 6.20 Å². The number of aliphatic carboxylic acids is 1. The number of carboxylic acid groups (broad SMARTS) is 1. The molecule has 0 fully saturated rings. The fraction of sp³-hybridized carbons (Fsp3) is 0.500. The summed E-state index contributed by atoms with van der Waals surface area (Å²) in [4.78, 5) is 39.4. The minimum absolute atomic E-state index is 0.0544. The van der Waals surface area contributed by atoms with Gasteiger partial charge < -0.3 is 15.4 Å². The van der Waals surface area contributed by atoms with E-state index >= 15 is 0 Å². The zero-order valence-corrected chi connectivity index (χ0v) is 10.8. The van der Waals surface area contributed by atoms with Gasteiger partial charge >= 0.3 is 5.97 Å². The Morgan fingerprint density at radius 2 is 2.16 bits per heavy atom. The number of aromatic nitrogens is 2. The van der Waals surface area contributed by atoms with E-state index in [0.29, 0.717) is 6.42 Å². The molecule has 0 aliphatic rings. The van der Waals surface area contributed by atoms with Crippen LogP contribution in [0.2, 0.25) is 0 Å². The number of amides is 1. The molecule has 1 atom stereocenters. The standard InChI is InChI=1S/C12H17N3O4/c1-7(2)3-8(4-11(17)18)15-12(19)9-5-14-10(16)6-13-9/h5-8H,3-4H2,1-2H3,(H,14,16)(H,15,19)(H,17,18). The Morgan fingerprint density at radius 3 is 2.63 bits per heavy atom. The average Bonchev–Trinajstić information content (AvgIpc) is 2.27.